The molecular weight excluding hydrogens is 218 g/mol. The van der Waals surface area contributed by atoms with E-state index in [9.17, 15) is 5.11 Å². The minimum Gasteiger partial charge on any atom is -0.394 e. The molecule has 1 unspecified atom stereocenters. The van der Waals surface area contributed by atoms with E-state index in [0.717, 1.165) is 38.8 Å². The maximum Gasteiger partial charge on any atom is 0.0940 e. The predicted octanol–water partition coefficient (Wildman–Crippen LogP) is 0.885. The monoisotopic (exact) mass is 243 g/mol. The summed E-state index contributed by atoms with van der Waals surface area (Å²) in [6, 6.07) is 0. The maximum atomic E-state index is 9.28. The Bertz CT molecular complexity index is 239. The van der Waals surface area contributed by atoms with Crippen LogP contribution in [0.25, 0.3) is 0 Å². The van der Waals surface area contributed by atoms with Crippen LogP contribution >= 0.6 is 0 Å². The molecule has 0 bridgehead atoms. The number of hydrogen-bond donors (Lipinski definition) is 1. The molecule has 0 spiro atoms. The van der Waals surface area contributed by atoms with Gasteiger partial charge in [-0.05, 0) is 32.6 Å². The molecular formula is C13H25NO3. The van der Waals surface area contributed by atoms with Gasteiger partial charge in [-0.15, -0.1) is 0 Å². The number of nitrogens with zero attached hydrogens (tertiary/aromatic N) is 1. The van der Waals surface area contributed by atoms with Gasteiger partial charge in [-0.2, -0.15) is 0 Å². The molecule has 1 atom stereocenters. The van der Waals surface area contributed by atoms with E-state index in [1.54, 1.807) is 0 Å². The predicted molar refractivity (Wildman–Crippen MR) is 66.0 cm³/mol. The second-order valence-electron chi connectivity index (χ2n) is 5.93. The third-order valence-electron chi connectivity index (χ3n) is 3.61. The van der Waals surface area contributed by atoms with Crippen LogP contribution in [0.1, 0.15) is 26.7 Å². The standard InChI is InChI=1S/C13H25NO3/c1-13(2)10-14(8-12(9-15)17-13)7-11-3-5-16-6-4-11/h11-12,15H,3-10H2,1-2H3. The molecule has 0 aromatic rings. The lowest BCUT2D eigenvalue weighted by molar-refractivity contribution is -0.152. The smallest absolute Gasteiger partial charge is 0.0940 e. The zero-order valence-corrected chi connectivity index (χ0v) is 11.0. The molecule has 2 saturated heterocycles. The summed E-state index contributed by atoms with van der Waals surface area (Å²) in [6.07, 6.45) is 2.31. The SMILES string of the molecule is CC1(C)CN(CC2CCOCC2)CC(CO)O1. The van der Waals surface area contributed by atoms with Crippen molar-refractivity contribution in [2.45, 2.75) is 38.4 Å². The molecule has 0 aromatic heterocycles. The van der Waals surface area contributed by atoms with E-state index in [1.165, 1.54) is 12.8 Å². The molecule has 0 aliphatic carbocycles. The first kappa shape index (κ1) is 13.3. The number of aliphatic hydroxyl groups excluding tert-OH is 1. The molecule has 2 aliphatic heterocycles. The van der Waals surface area contributed by atoms with Gasteiger partial charge in [0.15, 0.2) is 0 Å². The summed E-state index contributed by atoms with van der Waals surface area (Å²) in [5.74, 6) is 0.747. The molecule has 2 rings (SSSR count). The molecule has 4 heteroatoms. The van der Waals surface area contributed by atoms with Gasteiger partial charge in [0.2, 0.25) is 0 Å². The van der Waals surface area contributed by atoms with Crippen molar-refractivity contribution in [3.63, 3.8) is 0 Å². The summed E-state index contributed by atoms with van der Waals surface area (Å²) >= 11 is 0. The van der Waals surface area contributed by atoms with Gasteiger partial charge < -0.3 is 14.6 Å². The van der Waals surface area contributed by atoms with Gasteiger partial charge in [-0.3, -0.25) is 4.90 Å². The van der Waals surface area contributed by atoms with E-state index in [0.29, 0.717) is 0 Å². The van der Waals surface area contributed by atoms with Gasteiger partial charge in [0.05, 0.1) is 18.3 Å². The minimum absolute atomic E-state index is 0.0291. The summed E-state index contributed by atoms with van der Waals surface area (Å²) < 4.78 is 11.2. The number of hydrogen-bond acceptors (Lipinski definition) is 4. The fourth-order valence-corrected chi connectivity index (χ4v) is 2.94. The van der Waals surface area contributed by atoms with Crippen LogP contribution in [0.5, 0.6) is 0 Å². The van der Waals surface area contributed by atoms with Crippen LogP contribution in [0, 0.1) is 5.92 Å². The maximum absolute atomic E-state index is 9.28. The van der Waals surface area contributed by atoms with Crippen LogP contribution in [0.2, 0.25) is 0 Å². The van der Waals surface area contributed by atoms with Gasteiger partial charge in [0.25, 0.3) is 0 Å². The molecule has 4 nitrogen and oxygen atoms in total. The highest BCUT2D eigenvalue weighted by atomic mass is 16.5. The summed E-state index contributed by atoms with van der Waals surface area (Å²) in [4.78, 5) is 2.44. The molecule has 17 heavy (non-hydrogen) atoms. The lowest BCUT2D eigenvalue weighted by atomic mass is 9.97. The van der Waals surface area contributed by atoms with Gasteiger partial charge in [-0.1, -0.05) is 0 Å². The molecule has 2 heterocycles. The lowest BCUT2D eigenvalue weighted by Crippen LogP contribution is -2.54. The fraction of sp³-hybridized carbons (Fsp3) is 1.00. The average molecular weight is 243 g/mol. The highest BCUT2D eigenvalue weighted by molar-refractivity contribution is 4.85. The molecule has 0 amide bonds. The molecule has 0 aromatic carbocycles. The first-order valence-corrected chi connectivity index (χ1v) is 6.68. The molecule has 0 radical (unpaired) electrons. The van der Waals surface area contributed by atoms with E-state index >= 15 is 0 Å². The second kappa shape index (κ2) is 5.65. The summed E-state index contributed by atoms with van der Waals surface area (Å²) in [5, 5.41) is 9.28. The largest absolute Gasteiger partial charge is 0.394 e. The zero-order chi connectivity index (χ0) is 12.3. The second-order valence-corrected chi connectivity index (χ2v) is 5.93. The lowest BCUT2D eigenvalue weighted by Gasteiger charge is -2.43. The molecule has 2 fully saturated rings. The van der Waals surface area contributed by atoms with Crippen molar-refractivity contribution < 1.29 is 14.6 Å². The van der Waals surface area contributed by atoms with Crippen molar-refractivity contribution in [2.75, 3.05) is 39.5 Å². The van der Waals surface area contributed by atoms with Crippen molar-refractivity contribution in [1.82, 2.24) is 4.90 Å². The Balaban J connectivity index is 1.86. The summed E-state index contributed by atoms with van der Waals surface area (Å²) in [5.41, 5.74) is -0.142. The van der Waals surface area contributed by atoms with E-state index < -0.39 is 0 Å². The molecule has 0 saturated carbocycles. The van der Waals surface area contributed by atoms with Crippen molar-refractivity contribution in [3.05, 3.63) is 0 Å². The third kappa shape index (κ3) is 3.91. The Hall–Kier alpha value is -0.160. The van der Waals surface area contributed by atoms with Crippen molar-refractivity contribution in [2.24, 2.45) is 5.92 Å². The quantitative estimate of drug-likeness (QED) is 0.799. The zero-order valence-electron chi connectivity index (χ0n) is 11.0. The van der Waals surface area contributed by atoms with E-state index in [4.69, 9.17) is 9.47 Å². The van der Waals surface area contributed by atoms with E-state index in [2.05, 4.69) is 18.7 Å². The Kier molecular flexibility index (Phi) is 4.42. The van der Waals surface area contributed by atoms with Gasteiger partial charge in [-0.25, -0.2) is 0 Å². The topological polar surface area (TPSA) is 41.9 Å². The molecule has 2 aliphatic rings. The molecule has 1 N–H and O–H groups in total. The van der Waals surface area contributed by atoms with Crippen molar-refractivity contribution in [3.8, 4) is 0 Å². The Morgan fingerprint density at radius 3 is 2.65 bits per heavy atom. The molecule has 100 valence electrons. The Morgan fingerprint density at radius 1 is 1.29 bits per heavy atom. The van der Waals surface area contributed by atoms with Crippen LogP contribution in [0.4, 0.5) is 0 Å². The fourth-order valence-electron chi connectivity index (χ4n) is 2.94. The van der Waals surface area contributed by atoms with E-state index in [1.807, 2.05) is 0 Å². The van der Waals surface area contributed by atoms with Crippen LogP contribution in [-0.2, 0) is 9.47 Å². The van der Waals surface area contributed by atoms with Gasteiger partial charge in [0.1, 0.15) is 0 Å². The van der Waals surface area contributed by atoms with Gasteiger partial charge >= 0.3 is 0 Å². The summed E-state index contributed by atoms with van der Waals surface area (Å²) in [6.45, 7) is 9.07. The van der Waals surface area contributed by atoms with Crippen molar-refractivity contribution >= 4 is 0 Å². The highest BCUT2D eigenvalue weighted by Crippen LogP contribution is 2.24. The van der Waals surface area contributed by atoms with Crippen LogP contribution in [0.3, 0.4) is 0 Å². The number of morpholine rings is 1. The van der Waals surface area contributed by atoms with Crippen LogP contribution in [-0.4, -0.2) is 61.2 Å². The Labute approximate surface area is 104 Å². The van der Waals surface area contributed by atoms with Gasteiger partial charge in [0, 0.05) is 32.8 Å². The van der Waals surface area contributed by atoms with Crippen LogP contribution < -0.4 is 0 Å². The number of ether oxygens (including phenoxy) is 2. The van der Waals surface area contributed by atoms with E-state index in [-0.39, 0.29) is 18.3 Å². The minimum atomic E-state index is -0.142. The Morgan fingerprint density at radius 2 is 2.00 bits per heavy atom. The normalized spacial score (nSPS) is 31.6. The number of rotatable bonds is 3. The third-order valence-corrected chi connectivity index (χ3v) is 3.61. The first-order chi connectivity index (χ1) is 8.09. The van der Waals surface area contributed by atoms with Crippen LogP contribution in [0.15, 0.2) is 0 Å². The summed E-state index contributed by atoms with van der Waals surface area (Å²) in [7, 11) is 0. The number of aliphatic hydroxyl groups is 1. The highest BCUT2D eigenvalue weighted by Gasteiger charge is 2.33. The average Bonchev–Trinajstić information content (AvgIpc) is 2.28. The van der Waals surface area contributed by atoms with Crippen molar-refractivity contribution in [1.29, 1.82) is 0 Å². The first-order valence-electron chi connectivity index (χ1n) is 6.68.